The summed E-state index contributed by atoms with van der Waals surface area (Å²) in [6.45, 7) is 3.52. The topological polar surface area (TPSA) is 50.7 Å². The van der Waals surface area contributed by atoms with E-state index < -0.39 is 5.82 Å². The third-order valence-electron chi connectivity index (χ3n) is 2.42. The molecule has 0 aliphatic rings. The lowest BCUT2D eigenvalue weighted by Crippen LogP contribution is -2.03. The van der Waals surface area contributed by atoms with Gasteiger partial charge >= 0.3 is 0 Å². The van der Waals surface area contributed by atoms with Gasteiger partial charge in [-0.3, -0.25) is 4.98 Å². The highest BCUT2D eigenvalue weighted by Gasteiger charge is 2.11. The van der Waals surface area contributed by atoms with E-state index in [1.165, 1.54) is 0 Å². The molecule has 2 rings (SSSR count). The van der Waals surface area contributed by atoms with Crippen molar-refractivity contribution in [2.24, 2.45) is 0 Å². The Morgan fingerprint density at radius 3 is 2.53 bits per heavy atom. The molecule has 0 unspecified atom stereocenters. The lowest BCUT2D eigenvalue weighted by Gasteiger charge is -2.07. The summed E-state index contributed by atoms with van der Waals surface area (Å²) in [5.41, 5.74) is 2.01. The second-order valence-electron chi connectivity index (χ2n) is 3.73. The van der Waals surface area contributed by atoms with Gasteiger partial charge in [-0.25, -0.2) is 14.4 Å². The fourth-order valence-corrected chi connectivity index (χ4v) is 1.45. The van der Waals surface area contributed by atoms with Crippen molar-refractivity contribution in [3.8, 4) is 11.4 Å². The molecule has 0 atom stereocenters. The number of hydrogen-bond acceptors (Lipinski definition) is 4. The van der Waals surface area contributed by atoms with Gasteiger partial charge in [0.1, 0.15) is 0 Å². The van der Waals surface area contributed by atoms with E-state index in [9.17, 15) is 4.39 Å². The summed E-state index contributed by atoms with van der Waals surface area (Å²) < 4.78 is 13.6. The van der Waals surface area contributed by atoms with Crippen molar-refractivity contribution < 1.29 is 4.39 Å². The van der Waals surface area contributed by atoms with E-state index in [1.54, 1.807) is 20.2 Å². The van der Waals surface area contributed by atoms with Gasteiger partial charge in [-0.2, -0.15) is 0 Å². The van der Waals surface area contributed by atoms with Crippen molar-refractivity contribution in [3.05, 3.63) is 35.5 Å². The maximum absolute atomic E-state index is 13.6. The van der Waals surface area contributed by atoms with E-state index in [0.717, 1.165) is 11.3 Å². The zero-order chi connectivity index (χ0) is 12.4. The fourth-order valence-electron chi connectivity index (χ4n) is 1.45. The summed E-state index contributed by atoms with van der Waals surface area (Å²) in [5, 5.41) is 2.71. The Morgan fingerprint density at radius 2 is 1.94 bits per heavy atom. The summed E-state index contributed by atoms with van der Waals surface area (Å²) in [4.78, 5) is 12.4. The molecule has 5 heteroatoms. The van der Waals surface area contributed by atoms with E-state index in [4.69, 9.17) is 0 Å². The normalized spacial score (nSPS) is 10.4. The minimum absolute atomic E-state index is 0.202. The molecular formula is C12H13FN4. The maximum atomic E-state index is 13.6. The molecule has 0 fully saturated rings. The second kappa shape index (κ2) is 4.45. The predicted octanol–water partition coefficient (Wildman–Crippen LogP) is 2.34. The van der Waals surface area contributed by atoms with Crippen LogP contribution in [-0.2, 0) is 0 Å². The van der Waals surface area contributed by atoms with Gasteiger partial charge in [0, 0.05) is 24.5 Å². The lowest BCUT2D eigenvalue weighted by atomic mass is 10.2. The SMILES string of the molecule is CNc1nc(-c2ccc(C)nc2)nc(C)c1F. The number of aryl methyl sites for hydroxylation is 2. The Hall–Kier alpha value is -2.04. The zero-order valence-electron chi connectivity index (χ0n) is 9.95. The minimum Gasteiger partial charge on any atom is -0.371 e. The van der Waals surface area contributed by atoms with Crippen LogP contribution < -0.4 is 5.32 Å². The molecule has 2 aromatic heterocycles. The van der Waals surface area contributed by atoms with Crippen molar-refractivity contribution in [1.29, 1.82) is 0 Å². The van der Waals surface area contributed by atoms with E-state index in [1.807, 2.05) is 19.1 Å². The molecule has 17 heavy (non-hydrogen) atoms. The maximum Gasteiger partial charge on any atom is 0.186 e. The third kappa shape index (κ3) is 2.22. The molecular weight excluding hydrogens is 219 g/mol. The van der Waals surface area contributed by atoms with E-state index in [-0.39, 0.29) is 5.82 Å². The highest BCUT2D eigenvalue weighted by atomic mass is 19.1. The number of nitrogens with one attached hydrogen (secondary N) is 1. The Labute approximate surface area is 99.0 Å². The van der Waals surface area contributed by atoms with Crippen LogP contribution in [0.5, 0.6) is 0 Å². The quantitative estimate of drug-likeness (QED) is 0.863. The van der Waals surface area contributed by atoms with Crippen LogP contribution in [0.3, 0.4) is 0 Å². The van der Waals surface area contributed by atoms with Gasteiger partial charge in [0.15, 0.2) is 17.5 Å². The first kappa shape index (κ1) is 11.4. The zero-order valence-corrected chi connectivity index (χ0v) is 9.95. The van der Waals surface area contributed by atoms with Crippen molar-refractivity contribution in [2.75, 3.05) is 12.4 Å². The second-order valence-corrected chi connectivity index (χ2v) is 3.73. The highest BCUT2D eigenvalue weighted by Crippen LogP contribution is 2.20. The molecule has 2 aromatic rings. The van der Waals surface area contributed by atoms with Crippen LogP contribution in [0.1, 0.15) is 11.4 Å². The van der Waals surface area contributed by atoms with Crippen molar-refractivity contribution >= 4 is 5.82 Å². The number of pyridine rings is 1. The molecule has 88 valence electrons. The van der Waals surface area contributed by atoms with Crippen molar-refractivity contribution in [3.63, 3.8) is 0 Å². The van der Waals surface area contributed by atoms with Crippen LogP contribution in [0.15, 0.2) is 18.3 Å². The van der Waals surface area contributed by atoms with Gasteiger partial charge in [0.25, 0.3) is 0 Å². The standard InChI is InChI=1S/C12H13FN4/c1-7-4-5-9(6-15-7)11-16-8(2)10(13)12(14-3)17-11/h4-6H,1-3H3,(H,14,16,17). The average Bonchev–Trinajstić information content (AvgIpc) is 2.33. The molecule has 0 spiro atoms. The Balaban J connectivity index is 2.52. The number of halogens is 1. The summed E-state index contributed by atoms with van der Waals surface area (Å²) in [5.74, 6) is 0.255. The van der Waals surface area contributed by atoms with Gasteiger partial charge in [-0.05, 0) is 26.0 Å². The highest BCUT2D eigenvalue weighted by molar-refractivity contribution is 5.56. The van der Waals surface area contributed by atoms with Gasteiger partial charge in [0.05, 0.1) is 5.69 Å². The summed E-state index contributed by atoms with van der Waals surface area (Å²) in [6.07, 6.45) is 1.68. The first-order valence-electron chi connectivity index (χ1n) is 5.26. The van der Waals surface area contributed by atoms with Gasteiger partial charge in [0.2, 0.25) is 0 Å². The molecule has 0 saturated heterocycles. The van der Waals surface area contributed by atoms with E-state index in [0.29, 0.717) is 11.5 Å². The Morgan fingerprint density at radius 1 is 1.18 bits per heavy atom. The summed E-state index contributed by atoms with van der Waals surface area (Å²) in [7, 11) is 1.63. The summed E-state index contributed by atoms with van der Waals surface area (Å²) >= 11 is 0. The summed E-state index contributed by atoms with van der Waals surface area (Å²) in [6, 6.07) is 3.74. The average molecular weight is 232 g/mol. The Kier molecular flexibility index (Phi) is 2.99. The molecule has 0 radical (unpaired) electrons. The fraction of sp³-hybridized carbons (Fsp3) is 0.250. The number of anilines is 1. The number of hydrogen-bond donors (Lipinski definition) is 1. The monoisotopic (exact) mass is 232 g/mol. The molecule has 2 heterocycles. The van der Waals surface area contributed by atoms with Gasteiger partial charge in [-0.1, -0.05) is 0 Å². The Bertz CT molecular complexity index is 537. The molecule has 0 amide bonds. The van der Waals surface area contributed by atoms with Crippen LogP contribution in [0.2, 0.25) is 0 Å². The van der Waals surface area contributed by atoms with Crippen LogP contribution in [0, 0.1) is 19.7 Å². The van der Waals surface area contributed by atoms with Gasteiger partial charge in [-0.15, -0.1) is 0 Å². The third-order valence-corrected chi connectivity index (χ3v) is 2.42. The minimum atomic E-state index is -0.420. The van der Waals surface area contributed by atoms with E-state index >= 15 is 0 Å². The predicted molar refractivity (Wildman–Crippen MR) is 64.2 cm³/mol. The van der Waals surface area contributed by atoms with E-state index in [2.05, 4.69) is 20.3 Å². The van der Waals surface area contributed by atoms with Crippen LogP contribution >= 0.6 is 0 Å². The molecule has 0 saturated carbocycles. The largest absolute Gasteiger partial charge is 0.371 e. The van der Waals surface area contributed by atoms with Crippen LogP contribution in [0.25, 0.3) is 11.4 Å². The van der Waals surface area contributed by atoms with Crippen LogP contribution in [-0.4, -0.2) is 22.0 Å². The molecule has 0 bridgehead atoms. The van der Waals surface area contributed by atoms with Crippen molar-refractivity contribution in [1.82, 2.24) is 15.0 Å². The number of aromatic nitrogens is 3. The molecule has 0 aliphatic carbocycles. The molecule has 0 aliphatic heterocycles. The first-order chi connectivity index (χ1) is 8.11. The lowest BCUT2D eigenvalue weighted by molar-refractivity contribution is 0.607. The van der Waals surface area contributed by atoms with Crippen LogP contribution in [0.4, 0.5) is 10.2 Å². The molecule has 4 nitrogen and oxygen atoms in total. The van der Waals surface area contributed by atoms with Crippen molar-refractivity contribution in [2.45, 2.75) is 13.8 Å². The smallest absolute Gasteiger partial charge is 0.186 e. The first-order valence-corrected chi connectivity index (χ1v) is 5.26. The number of nitrogens with zero attached hydrogens (tertiary/aromatic N) is 3. The molecule has 0 aromatic carbocycles. The van der Waals surface area contributed by atoms with Gasteiger partial charge < -0.3 is 5.32 Å². The molecule has 1 N–H and O–H groups in total. The number of rotatable bonds is 2.